The summed E-state index contributed by atoms with van der Waals surface area (Å²) in [4.78, 5) is 29.4. The number of hydrogen-bond donors (Lipinski definition) is 0. The summed E-state index contributed by atoms with van der Waals surface area (Å²) in [6.45, 7) is 14.3. The van der Waals surface area contributed by atoms with Crippen LogP contribution in [0.3, 0.4) is 0 Å². The van der Waals surface area contributed by atoms with Crippen molar-refractivity contribution in [3.8, 4) is 17.0 Å². The smallest absolute Gasteiger partial charge is 0.410 e. The zero-order valence-electron chi connectivity index (χ0n) is 25.4. The summed E-state index contributed by atoms with van der Waals surface area (Å²) >= 11 is 0. The van der Waals surface area contributed by atoms with Gasteiger partial charge in [-0.25, -0.2) is 9.59 Å². The minimum atomic E-state index is -0.547. The number of carbonyl (C=O) groups excluding carboxylic acids is 2. The van der Waals surface area contributed by atoms with Crippen LogP contribution in [0, 0.1) is 12.8 Å². The number of fused-ring (bicyclic) bond motifs is 4. The van der Waals surface area contributed by atoms with Gasteiger partial charge in [-0.05, 0) is 90.8 Å². The van der Waals surface area contributed by atoms with E-state index in [4.69, 9.17) is 19.3 Å². The van der Waals surface area contributed by atoms with Crippen molar-refractivity contribution in [2.75, 3.05) is 26.2 Å². The third-order valence-electron chi connectivity index (χ3n) is 9.03. The van der Waals surface area contributed by atoms with E-state index in [1.807, 2.05) is 30.6 Å². The predicted molar refractivity (Wildman–Crippen MR) is 155 cm³/mol. The van der Waals surface area contributed by atoms with Gasteiger partial charge in [0.2, 0.25) is 0 Å². The monoisotopic (exact) mass is 564 g/mol. The quantitative estimate of drug-likeness (QED) is 0.427. The predicted octanol–water partition coefficient (Wildman–Crippen LogP) is 6.44. The first-order valence-corrected chi connectivity index (χ1v) is 15.2. The van der Waals surface area contributed by atoms with Crippen molar-refractivity contribution in [1.82, 2.24) is 19.6 Å². The van der Waals surface area contributed by atoms with Gasteiger partial charge in [-0.1, -0.05) is 6.07 Å². The Morgan fingerprint density at radius 3 is 2.46 bits per heavy atom. The molecule has 222 valence electrons. The van der Waals surface area contributed by atoms with Gasteiger partial charge in [0.25, 0.3) is 0 Å². The van der Waals surface area contributed by atoms with E-state index < -0.39 is 11.2 Å². The van der Waals surface area contributed by atoms with Crippen molar-refractivity contribution in [3.63, 3.8) is 0 Å². The number of amides is 2. The Kier molecular flexibility index (Phi) is 6.77. The summed E-state index contributed by atoms with van der Waals surface area (Å²) < 4.78 is 20.2. The molecule has 0 radical (unpaired) electrons. The number of nitrogens with zero attached hydrogens (tertiary/aromatic N) is 4. The molecular weight excluding hydrogens is 520 g/mol. The SMILES string of the molecule is Cc1ccc2c(c1)OC1(CCN(C(=O)OCC3CC3)CC1)c1cn(C3CCN(C(=O)OC(C)(C)C)C(C)(C)C3)nc1-2. The second-order valence-corrected chi connectivity index (χ2v) is 14.1. The molecule has 3 fully saturated rings. The highest BCUT2D eigenvalue weighted by atomic mass is 16.6. The number of hydrogen-bond acceptors (Lipinski definition) is 6. The lowest BCUT2D eigenvalue weighted by molar-refractivity contribution is -0.0144. The van der Waals surface area contributed by atoms with E-state index in [0.29, 0.717) is 45.0 Å². The van der Waals surface area contributed by atoms with Gasteiger partial charge in [0.15, 0.2) is 0 Å². The molecule has 41 heavy (non-hydrogen) atoms. The highest BCUT2D eigenvalue weighted by Crippen LogP contribution is 2.50. The molecule has 0 bridgehead atoms. The highest BCUT2D eigenvalue weighted by molar-refractivity contribution is 5.74. The second-order valence-electron chi connectivity index (χ2n) is 14.1. The fourth-order valence-corrected chi connectivity index (χ4v) is 6.52. The van der Waals surface area contributed by atoms with Crippen LogP contribution in [0.2, 0.25) is 0 Å². The number of rotatable bonds is 3. The molecule has 4 aliphatic rings. The Morgan fingerprint density at radius 2 is 1.80 bits per heavy atom. The van der Waals surface area contributed by atoms with Crippen LogP contribution in [-0.4, -0.2) is 69.1 Å². The van der Waals surface area contributed by atoms with Crippen LogP contribution >= 0.6 is 0 Å². The van der Waals surface area contributed by atoms with Gasteiger partial charge in [-0.2, -0.15) is 5.10 Å². The lowest BCUT2D eigenvalue weighted by Gasteiger charge is -2.45. The molecule has 6 rings (SSSR count). The number of aryl methyl sites for hydroxylation is 1. The topological polar surface area (TPSA) is 86.1 Å². The van der Waals surface area contributed by atoms with E-state index >= 15 is 0 Å². The maximum absolute atomic E-state index is 13.0. The average molecular weight is 565 g/mol. The van der Waals surface area contributed by atoms with Crippen molar-refractivity contribution < 1.29 is 23.8 Å². The van der Waals surface area contributed by atoms with Crippen molar-refractivity contribution in [1.29, 1.82) is 0 Å². The molecule has 1 aromatic heterocycles. The molecule has 3 aliphatic heterocycles. The standard InChI is InChI=1S/C32H44N4O5/c1-21-7-10-24-26(17-21)40-32(12-15-34(16-13-32)28(37)39-20-22-8-9-22)25-19-36(33-27(24)25)23-11-14-35(31(5,6)18-23)29(38)41-30(2,3)4/h7,10,17,19,22-23H,8-9,11-16,18,20H2,1-6H3. The first-order valence-electron chi connectivity index (χ1n) is 15.2. The summed E-state index contributed by atoms with van der Waals surface area (Å²) in [5, 5.41) is 5.20. The molecule has 1 spiro atoms. The molecule has 1 unspecified atom stereocenters. The fraction of sp³-hybridized carbons (Fsp3) is 0.656. The molecule has 1 aromatic carbocycles. The van der Waals surface area contributed by atoms with Crippen molar-refractivity contribution >= 4 is 12.2 Å². The summed E-state index contributed by atoms with van der Waals surface area (Å²) in [5.41, 5.74) is 2.73. The largest absolute Gasteiger partial charge is 0.482 e. The number of ether oxygens (including phenoxy) is 3. The molecule has 1 saturated carbocycles. The van der Waals surface area contributed by atoms with Crippen LogP contribution in [0.25, 0.3) is 11.3 Å². The van der Waals surface area contributed by atoms with Gasteiger partial charge >= 0.3 is 12.2 Å². The van der Waals surface area contributed by atoms with Gasteiger partial charge in [-0.3, -0.25) is 4.68 Å². The van der Waals surface area contributed by atoms with Crippen molar-refractivity contribution in [2.24, 2.45) is 5.92 Å². The Bertz CT molecular complexity index is 1330. The number of aromatic nitrogens is 2. The van der Waals surface area contributed by atoms with Crippen LogP contribution in [0.15, 0.2) is 24.4 Å². The van der Waals surface area contributed by atoms with Gasteiger partial charge in [0.05, 0.1) is 12.6 Å². The van der Waals surface area contributed by atoms with E-state index in [1.165, 1.54) is 0 Å². The van der Waals surface area contributed by atoms with Crippen molar-refractivity contribution in [2.45, 2.75) is 103 Å². The highest BCUT2D eigenvalue weighted by Gasteiger charge is 2.47. The van der Waals surface area contributed by atoms with Crippen LogP contribution in [0.4, 0.5) is 9.59 Å². The molecule has 9 nitrogen and oxygen atoms in total. The minimum Gasteiger partial charge on any atom is -0.482 e. The lowest BCUT2D eigenvalue weighted by Crippen LogP contribution is -2.54. The normalized spacial score (nSPS) is 22.9. The third-order valence-corrected chi connectivity index (χ3v) is 9.03. The Balaban J connectivity index is 1.25. The van der Waals surface area contributed by atoms with E-state index in [0.717, 1.165) is 53.8 Å². The first kappa shape index (κ1) is 27.9. The van der Waals surface area contributed by atoms with Crippen LogP contribution in [0.1, 0.15) is 90.3 Å². The fourth-order valence-electron chi connectivity index (χ4n) is 6.52. The maximum Gasteiger partial charge on any atom is 0.410 e. The molecule has 2 saturated heterocycles. The molecule has 2 aromatic rings. The van der Waals surface area contributed by atoms with Crippen LogP contribution in [-0.2, 0) is 15.1 Å². The Labute approximate surface area is 243 Å². The van der Waals surface area contributed by atoms with Gasteiger partial charge in [-0.15, -0.1) is 0 Å². The van der Waals surface area contributed by atoms with Crippen LogP contribution < -0.4 is 4.74 Å². The Hall–Kier alpha value is -3.23. The van der Waals surface area contributed by atoms with E-state index in [-0.39, 0.29) is 23.8 Å². The lowest BCUT2D eigenvalue weighted by atomic mass is 9.81. The van der Waals surface area contributed by atoms with Gasteiger partial charge < -0.3 is 24.0 Å². The number of piperidine rings is 2. The molecular formula is C32H44N4O5. The van der Waals surface area contributed by atoms with E-state index in [9.17, 15) is 9.59 Å². The second kappa shape index (κ2) is 9.95. The summed E-state index contributed by atoms with van der Waals surface area (Å²) in [7, 11) is 0. The summed E-state index contributed by atoms with van der Waals surface area (Å²) in [6, 6.07) is 6.44. The third kappa shape index (κ3) is 5.52. The van der Waals surface area contributed by atoms with Crippen LogP contribution in [0.5, 0.6) is 5.75 Å². The zero-order valence-corrected chi connectivity index (χ0v) is 25.4. The number of benzene rings is 1. The summed E-state index contributed by atoms with van der Waals surface area (Å²) in [6.07, 6.45) is 6.93. The maximum atomic E-state index is 13.0. The zero-order chi connectivity index (χ0) is 29.2. The first-order chi connectivity index (χ1) is 19.3. The van der Waals surface area contributed by atoms with Gasteiger partial charge in [0, 0.05) is 55.3 Å². The summed E-state index contributed by atoms with van der Waals surface area (Å²) in [5.74, 6) is 1.40. The Morgan fingerprint density at radius 1 is 1.07 bits per heavy atom. The number of carbonyl (C=O) groups is 2. The van der Waals surface area contributed by atoms with E-state index in [1.54, 1.807) is 0 Å². The molecule has 4 heterocycles. The molecule has 2 amide bonds. The minimum absolute atomic E-state index is 0.137. The molecule has 9 heteroatoms. The van der Waals surface area contributed by atoms with E-state index in [2.05, 4.69) is 49.8 Å². The molecule has 1 aliphatic carbocycles. The van der Waals surface area contributed by atoms with Crippen molar-refractivity contribution in [3.05, 3.63) is 35.5 Å². The van der Waals surface area contributed by atoms with Gasteiger partial charge in [0.1, 0.15) is 22.6 Å². The average Bonchev–Trinajstić information content (AvgIpc) is 3.61. The molecule has 0 N–H and O–H groups in total. The number of likely N-dealkylation sites (tertiary alicyclic amines) is 2. The molecule has 1 atom stereocenters.